The molecule has 122 valence electrons. The molecule has 1 aliphatic rings. The number of piperazine rings is 1. The van der Waals surface area contributed by atoms with Gasteiger partial charge >= 0.3 is 11.8 Å². The third-order valence-electron chi connectivity index (χ3n) is 3.36. The summed E-state index contributed by atoms with van der Waals surface area (Å²) in [7, 11) is 0. The molecule has 0 saturated carbocycles. The van der Waals surface area contributed by atoms with Crippen molar-refractivity contribution in [3.8, 4) is 5.75 Å². The van der Waals surface area contributed by atoms with Crippen LogP contribution in [-0.4, -0.2) is 60.3 Å². The Morgan fingerprint density at radius 1 is 1.04 bits per heavy atom. The van der Waals surface area contributed by atoms with E-state index in [0.717, 1.165) is 0 Å². The molecular weight excluding hydrogens is 326 g/mol. The maximum Gasteiger partial charge on any atom is 0.373 e. The van der Waals surface area contributed by atoms with Gasteiger partial charge in [0, 0.05) is 36.4 Å². The van der Waals surface area contributed by atoms with Crippen LogP contribution >= 0.6 is 11.6 Å². The number of rotatable bonds is 3. The molecule has 0 unspecified atom stereocenters. The highest BCUT2D eigenvalue weighted by atomic mass is 35.5. The van der Waals surface area contributed by atoms with Crippen molar-refractivity contribution in [1.29, 1.82) is 0 Å². The number of nitroso groups, excluding NO2 is 1. The summed E-state index contributed by atoms with van der Waals surface area (Å²) in [5.41, 5.74) is 0. The Morgan fingerprint density at radius 3 is 2.17 bits per heavy atom. The average Bonchev–Trinajstić information content (AvgIpc) is 2.59. The minimum absolute atomic E-state index is 0.135. The SMILES string of the molecule is O=NC(=O)C(=O)N1CCN(C(=O)COc2ccc(Cl)cc2)CC1. The smallest absolute Gasteiger partial charge is 0.373 e. The minimum atomic E-state index is -1.32. The van der Waals surface area contributed by atoms with Gasteiger partial charge in [-0.15, -0.1) is 4.91 Å². The third-order valence-corrected chi connectivity index (χ3v) is 3.61. The monoisotopic (exact) mass is 339 g/mol. The lowest BCUT2D eigenvalue weighted by Crippen LogP contribution is -2.52. The van der Waals surface area contributed by atoms with E-state index >= 15 is 0 Å². The van der Waals surface area contributed by atoms with Crippen LogP contribution in [0.1, 0.15) is 0 Å². The summed E-state index contributed by atoms with van der Waals surface area (Å²) < 4.78 is 5.37. The van der Waals surface area contributed by atoms with Crippen molar-refractivity contribution in [2.24, 2.45) is 5.18 Å². The van der Waals surface area contributed by atoms with Gasteiger partial charge in [0.2, 0.25) is 0 Å². The maximum absolute atomic E-state index is 12.0. The second-order valence-electron chi connectivity index (χ2n) is 4.81. The Balaban J connectivity index is 1.79. The van der Waals surface area contributed by atoms with Gasteiger partial charge in [0.1, 0.15) is 5.75 Å². The van der Waals surface area contributed by atoms with Gasteiger partial charge in [-0.05, 0) is 24.3 Å². The summed E-state index contributed by atoms with van der Waals surface area (Å²) in [6.45, 7) is 0.741. The van der Waals surface area contributed by atoms with E-state index in [9.17, 15) is 19.3 Å². The van der Waals surface area contributed by atoms with Crippen molar-refractivity contribution in [3.63, 3.8) is 0 Å². The molecule has 1 fully saturated rings. The van der Waals surface area contributed by atoms with Gasteiger partial charge in [-0.25, -0.2) is 0 Å². The van der Waals surface area contributed by atoms with Crippen molar-refractivity contribution in [3.05, 3.63) is 34.2 Å². The van der Waals surface area contributed by atoms with Crippen molar-refractivity contribution < 1.29 is 19.1 Å². The highest BCUT2D eigenvalue weighted by molar-refractivity contribution is 6.35. The van der Waals surface area contributed by atoms with E-state index < -0.39 is 11.8 Å². The van der Waals surface area contributed by atoms with Gasteiger partial charge in [-0.2, -0.15) is 0 Å². The molecule has 0 aromatic heterocycles. The first-order valence-corrected chi connectivity index (χ1v) is 7.22. The zero-order valence-corrected chi connectivity index (χ0v) is 12.9. The van der Waals surface area contributed by atoms with Gasteiger partial charge in [0.05, 0.1) is 0 Å². The van der Waals surface area contributed by atoms with Crippen LogP contribution in [0.15, 0.2) is 29.4 Å². The molecule has 1 aromatic rings. The van der Waals surface area contributed by atoms with Crippen LogP contribution in [0.5, 0.6) is 5.75 Å². The number of benzene rings is 1. The van der Waals surface area contributed by atoms with Gasteiger partial charge in [-0.1, -0.05) is 11.6 Å². The fourth-order valence-electron chi connectivity index (χ4n) is 2.10. The van der Waals surface area contributed by atoms with Crippen LogP contribution in [0.3, 0.4) is 0 Å². The summed E-state index contributed by atoms with van der Waals surface area (Å²) >= 11 is 5.75. The molecule has 23 heavy (non-hydrogen) atoms. The number of hydrogen-bond donors (Lipinski definition) is 0. The minimum Gasteiger partial charge on any atom is -0.484 e. The van der Waals surface area contributed by atoms with Crippen LogP contribution in [0.2, 0.25) is 5.02 Å². The number of hydrogen-bond acceptors (Lipinski definition) is 5. The van der Waals surface area contributed by atoms with Crippen molar-refractivity contribution >= 4 is 29.3 Å². The Hall–Kier alpha value is -2.48. The van der Waals surface area contributed by atoms with E-state index in [1.54, 1.807) is 24.3 Å². The van der Waals surface area contributed by atoms with Crippen molar-refractivity contribution in [2.45, 2.75) is 0 Å². The van der Waals surface area contributed by atoms with E-state index in [0.29, 0.717) is 10.8 Å². The zero-order chi connectivity index (χ0) is 16.8. The molecule has 3 amide bonds. The first kappa shape index (κ1) is 16.9. The predicted octanol–water partition coefficient (Wildman–Crippen LogP) is 0.683. The number of halogens is 1. The van der Waals surface area contributed by atoms with Gasteiger partial charge in [0.15, 0.2) is 6.61 Å². The summed E-state index contributed by atoms with van der Waals surface area (Å²) in [6.07, 6.45) is 0. The molecule has 0 radical (unpaired) electrons. The molecule has 1 aliphatic heterocycles. The lowest BCUT2D eigenvalue weighted by Gasteiger charge is -2.33. The first-order valence-electron chi connectivity index (χ1n) is 6.84. The lowest BCUT2D eigenvalue weighted by atomic mass is 10.3. The molecule has 1 saturated heterocycles. The quantitative estimate of drug-likeness (QED) is 0.596. The largest absolute Gasteiger partial charge is 0.484 e. The van der Waals surface area contributed by atoms with E-state index in [2.05, 4.69) is 5.18 Å². The van der Waals surface area contributed by atoms with Gasteiger partial charge in [-0.3, -0.25) is 14.4 Å². The number of ether oxygens (including phenoxy) is 1. The molecule has 0 spiro atoms. The molecule has 0 bridgehead atoms. The topological polar surface area (TPSA) is 96.4 Å². The molecular formula is C14H14ClN3O5. The fraction of sp³-hybridized carbons (Fsp3) is 0.357. The van der Waals surface area contributed by atoms with Crippen LogP contribution in [0.25, 0.3) is 0 Å². The predicted molar refractivity (Wildman–Crippen MR) is 80.9 cm³/mol. The number of carbonyl (C=O) groups is 3. The molecule has 0 aliphatic carbocycles. The van der Waals surface area contributed by atoms with Gasteiger partial charge in [0.25, 0.3) is 5.91 Å². The van der Waals surface area contributed by atoms with Crippen LogP contribution < -0.4 is 4.74 Å². The molecule has 9 heteroatoms. The molecule has 0 atom stereocenters. The Morgan fingerprint density at radius 2 is 1.61 bits per heavy atom. The molecule has 8 nitrogen and oxygen atoms in total. The number of carbonyl (C=O) groups excluding carboxylic acids is 3. The molecule has 2 rings (SSSR count). The van der Waals surface area contributed by atoms with Crippen LogP contribution in [0, 0.1) is 4.91 Å². The van der Waals surface area contributed by atoms with E-state index in [1.807, 2.05) is 0 Å². The van der Waals surface area contributed by atoms with Crippen LogP contribution in [-0.2, 0) is 14.4 Å². The second kappa shape index (κ2) is 7.68. The maximum atomic E-state index is 12.0. The van der Waals surface area contributed by atoms with Crippen LogP contribution in [0.4, 0.5) is 0 Å². The summed E-state index contributed by atoms with van der Waals surface area (Å²) in [4.78, 5) is 47.3. The highest BCUT2D eigenvalue weighted by Gasteiger charge is 2.28. The van der Waals surface area contributed by atoms with Gasteiger partial charge < -0.3 is 14.5 Å². The molecule has 0 N–H and O–H groups in total. The van der Waals surface area contributed by atoms with Crippen molar-refractivity contribution in [1.82, 2.24) is 9.80 Å². The van der Waals surface area contributed by atoms with Crippen molar-refractivity contribution in [2.75, 3.05) is 32.8 Å². The van der Waals surface area contributed by atoms with E-state index in [4.69, 9.17) is 16.3 Å². The van der Waals surface area contributed by atoms with E-state index in [1.165, 1.54) is 9.80 Å². The second-order valence-corrected chi connectivity index (χ2v) is 5.25. The Kier molecular flexibility index (Phi) is 5.64. The van der Waals surface area contributed by atoms with E-state index in [-0.39, 0.29) is 38.7 Å². The summed E-state index contributed by atoms with van der Waals surface area (Å²) in [5.74, 6) is -1.97. The average molecular weight is 340 g/mol. The normalized spacial score (nSPS) is 14.3. The molecule has 1 heterocycles. The molecule has 1 aromatic carbocycles. The number of nitrogens with zero attached hydrogens (tertiary/aromatic N) is 3. The third kappa shape index (κ3) is 4.49. The highest BCUT2D eigenvalue weighted by Crippen LogP contribution is 2.15. The standard InChI is InChI=1S/C14H14ClN3O5/c15-10-1-3-11(4-2-10)23-9-12(19)17-5-7-18(8-6-17)14(21)13(20)16-22/h1-4H,5-9H2. The summed E-state index contributed by atoms with van der Waals surface area (Å²) in [6, 6.07) is 6.63. The zero-order valence-electron chi connectivity index (χ0n) is 12.1. The number of amides is 3. The lowest BCUT2D eigenvalue weighted by molar-refractivity contribution is -0.147. The Bertz CT molecular complexity index is 611. The Labute approximate surface area is 136 Å². The first-order chi connectivity index (χ1) is 11.0. The summed E-state index contributed by atoms with van der Waals surface area (Å²) in [5, 5.41) is 2.67. The fourth-order valence-corrected chi connectivity index (χ4v) is 2.23.